The Labute approximate surface area is 225 Å². The maximum absolute atomic E-state index is 13.1. The largest absolute Gasteiger partial charge is 0.479 e. The molecule has 0 spiro atoms. The van der Waals surface area contributed by atoms with Crippen LogP contribution in [0.5, 0.6) is 0 Å². The predicted octanol–water partition coefficient (Wildman–Crippen LogP) is 5.01. The number of nitrogens with two attached hydrogens (primary N) is 2. The van der Waals surface area contributed by atoms with Crippen molar-refractivity contribution in [1.29, 1.82) is 0 Å². The molecule has 8 heteroatoms. The van der Waals surface area contributed by atoms with Gasteiger partial charge in [-0.15, -0.1) is 0 Å². The van der Waals surface area contributed by atoms with E-state index in [2.05, 4.69) is 23.7 Å². The van der Waals surface area contributed by atoms with Gasteiger partial charge in [0.25, 0.3) is 0 Å². The van der Waals surface area contributed by atoms with Crippen LogP contribution in [0, 0.1) is 18.2 Å². The van der Waals surface area contributed by atoms with Gasteiger partial charge in [0.1, 0.15) is 5.82 Å². The number of nitrogens with zero attached hydrogens (tertiary/aromatic N) is 2. The van der Waals surface area contributed by atoms with Gasteiger partial charge in [-0.25, -0.2) is 4.39 Å². The number of benzene rings is 1. The van der Waals surface area contributed by atoms with E-state index in [0.717, 1.165) is 54.0 Å². The summed E-state index contributed by atoms with van der Waals surface area (Å²) in [5, 5.41) is 0. The fourth-order valence-electron chi connectivity index (χ4n) is 4.45. The minimum Gasteiger partial charge on any atom is -0.479 e. The molecule has 0 aliphatic carbocycles. The van der Waals surface area contributed by atoms with Gasteiger partial charge in [-0.1, -0.05) is 26.0 Å². The molecular formula is C30H41FN4O3. The maximum atomic E-state index is 13.1. The van der Waals surface area contributed by atoms with Crippen molar-refractivity contribution < 1.29 is 18.7 Å². The van der Waals surface area contributed by atoms with Crippen molar-refractivity contribution in [2.75, 3.05) is 24.6 Å². The zero-order chi connectivity index (χ0) is 27.9. The second-order valence-electron chi connectivity index (χ2n) is 10.9. The zero-order valence-electron chi connectivity index (χ0n) is 23.2. The summed E-state index contributed by atoms with van der Waals surface area (Å²) in [6, 6.07) is 6.29. The van der Waals surface area contributed by atoms with Crippen LogP contribution in [-0.4, -0.2) is 36.8 Å². The number of carbonyl (C=O) groups excluding carboxylic acids is 1. The predicted molar refractivity (Wildman–Crippen MR) is 150 cm³/mol. The van der Waals surface area contributed by atoms with Crippen molar-refractivity contribution >= 4 is 17.4 Å². The number of rotatable bonds is 10. The molecule has 0 bridgehead atoms. The Morgan fingerprint density at radius 1 is 1.16 bits per heavy atom. The van der Waals surface area contributed by atoms with Crippen LogP contribution in [0.15, 0.2) is 48.5 Å². The second-order valence-corrected chi connectivity index (χ2v) is 10.9. The molecule has 4 N–H and O–H groups in total. The van der Waals surface area contributed by atoms with E-state index < -0.39 is 0 Å². The molecule has 1 aromatic carbocycles. The number of aryl methyl sites for hydroxylation is 1. The lowest BCUT2D eigenvalue weighted by atomic mass is 9.82. The lowest BCUT2D eigenvalue weighted by molar-refractivity contribution is -0.146. The van der Waals surface area contributed by atoms with Crippen molar-refractivity contribution in [2.45, 2.75) is 66.4 Å². The number of esters is 1. The summed E-state index contributed by atoms with van der Waals surface area (Å²) in [5.41, 5.74) is 17.6. The number of aromatic nitrogens is 1. The minimum atomic E-state index is -0.290. The van der Waals surface area contributed by atoms with Gasteiger partial charge in [0, 0.05) is 48.2 Å². The summed E-state index contributed by atoms with van der Waals surface area (Å²) in [4.78, 5) is 19.5. The Bertz CT molecular complexity index is 1160. The molecule has 1 aromatic heterocycles. The highest BCUT2D eigenvalue weighted by Gasteiger charge is 2.29. The van der Waals surface area contributed by atoms with Crippen LogP contribution in [0.1, 0.15) is 62.9 Å². The van der Waals surface area contributed by atoms with Crippen LogP contribution in [0.3, 0.4) is 0 Å². The highest BCUT2D eigenvalue weighted by Crippen LogP contribution is 2.37. The van der Waals surface area contributed by atoms with Crippen LogP contribution in [0.25, 0.3) is 5.70 Å². The van der Waals surface area contributed by atoms with Gasteiger partial charge in [0.15, 0.2) is 5.88 Å². The lowest BCUT2D eigenvalue weighted by Crippen LogP contribution is -2.38. The maximum Gasteiger partial charge on any atom is 0.310 e. The van der Waals surface area contributed by atoms with Gasteiger partial charge in [-0.2, -0.15) is 0 Å². The third-order valence-electron chi connectivity index (χ3n) is 6.80. The molecule has 0 unspecified atom stereocenters. The number of hydrogen-bond acceptors (Lipinski definition) is 7. The van der Waals surface area contributed by atoms with Gasteiger partial charge < -0.3 is 25.8 Å². The Morgan fingerprint density at radius 3 is 2.45 bits per heavy atom. The summed E-state index contributed by atoms with van der Waals surface area (Å²) in [6.07, 6.45) is 7.66. The molecule has 206 valence electrons. The van der Waals surface area contributed by atoms with Gasteiger partial charge in [-0.05, 0) is 68.9 Å². The highest BCUT2D eigenvalue weighted by atomic mass is 19.1. The van der Waals surface area contributed by atoms with Gasteiger partial charge >= 0.3 is 5.97 Å². The molecule has 0 amide bonds. The smallest absolute Gasteiger partial charge is 0.310 e. The summed E-state index contributed by atoms with van der Waals surface area (Å²) < 4.78 is 24.2. The number of piperidine rings is 1. The molecule has 0 atom stereocenters. The molecule has 1 fully saturated rings. The average Bonchev–Trinajstić information content (AvgIpc) is 2.84. The molecule has 3 rings (SSSR count). The zero-order valence-corrected chi connectivity index (χ0v) is 23.2. The van der Waals surface area contributed by atoms with Crippen molar-refractivity contribution in [1.82, 2.24) is 4.98 Å². The summed E-state index contributed by atoms with van der Waals surface area (Å²) in [6.45, 7) is 12.2. The Morgan fingerprint density at radius 2 is 1.82 bits per heavy atom. The molecule has 1 aliphatic heterocycles. The lowest BCUT2D eigenvalue weighted by Gasteiger charge is -2.40. The molecule has 1 aliphatic rings. The Kier molecular flexibility index (Phi) is 9.78. The average molecular weight is 525 g/mol. The minimum absolute atomic E-state index is 0.123. The van der Waals surface area contributed by atoms with Crippen molar-refractivity contribution in [2.24, 2.45) is 16.9 Å². The summed E-state index contributed by atoms with van der Waals surface area (Å²) >= 11 is 0. The molecule has 7 nitrogen and oxygen atoms in total. The monoisotopic (exact) mass is 524 g/mol. The van der Waals surface area contributed by atoms with Crippen LogP contribution in [0.2, 0.25) is 0 Å². The van der Waals surface area contributed by atoms with Crippen molar-refractivity contribution in [3.63, 3.8) is 0 Å². The van der Waals surface area contributed by atoms with E-state index in [1.54, 1.807) is 30.5 Å². The van der Waals surface area contributed by atoms with Crippen molar-refractivity contribution in [3.05, 3.63) is 76.7 Å². The number of carbonyl (C=O) groups is 1. The third-order valence-corrected chi connectivity index (χ3v) is 6.80. The fraction of sp³-hybridized carbons (Fsp3) is 0.467. The second kappa shape index (κ2) is 12.8. The van der Waals surface area contributed by atoms with E-state index in [1.807, 2.05) is 20.8 Å². The molecule has 38 heavy (non-hydrogen) atoms. The Balaban J connectivity index is 1.84. The molecule has 0 saturated carbocycles. The summed E-state index contributed by atoms with van der Waals surface area (Å²) in [5.74, 6) is -0.341. The number of anilines is 1. The SMILES string of the molecule is Cc1ncc(/C(N)=C/C=C(\N)OCCc2ccc(F)cc2)c(N2CCC(C)(C)CC2)c1CC(=O)OC(C)C. The first kappa shape index (κ1) is 29.0. The fourth-order valence-corrected chi connectivity index (χ4v) is 4.45. The van der Waals surface area contributed by atoms with Gasteiger partial charge in [0.2, 0.25) is 0 Å². The topological polar surface area (TPSA) is 104 Å². The highest BCUT2D eigenvalue weighted by molar-refractivity contribution is 5.83. The number of allylic oxidation sites excluding steroid dienone is 2. The normalized spacial score (nSPS) is 16.0. The molecular weight excluding hydrogens is 483 g/mol. The van der Waals surface area contributed by atoms with Crippen LogP contribution < -0.4 is 16.4 Å². The molecule has 0 radical (unpaired) electrons. The first-order valence-corrected chi connectivity index (χ1v) is 13.2. The van der Waals surface area contributed by atoms with Crippen LogP contribution in [0.4, 0.5) is 10.1 Å². The van der Waals surface area contributed by atoms with E-state index in [9.17, 15) is 9.18 Å². The van der Waals surface area contributed by atoms with E-state index >= 15 is 0 Å². The van der Waals surface area contributed by atoms with E-state index in [4.69, 9.17) is 20.9 Å². The Hall–Kier alpha value is -3.55. The number of hydrogen-bond donors (Lipinski definition) is 2. The molecule has 1 saturated heterocycles. The number of halogens is 1. The summed E-state index contributed by atoms with van der Waals surface area (Å²) in [7, 11) is 0. The third kappa shape index (κ3) is 8.23. The number of ether oxygens (including phenoxy) is 2. The van der Waals surface area contributed by atoms with E-state index in [0.29, 0.717) is 18.7 Å². The number of pyridine rings is 1. The van der Waals surface area contributed by atoms with E-state index in [1.165, 1.54) is 12.1 Å². The molecule has 2 aromatic rings. The van der Waals surface area contributed by atoms with Crippen LogP contribution >= 0.6 is 0 Å². The standard InChI is InChI=1S/C30H41FN4O3/c1-20(2)38-28(36)18-24-21(3)34-19-25(29(24)35-15-13-30(4,5)14-16-35)26(32)10-11-27(33)37-17-12-22-6-8-23(31)9-7-22/h6-11,19-20H,12-18,32-33H2,1-5H3/b26-10-,27-11+. The van der Waals surface area contributed by atoms with Crippen molar-refractivity contribution in [3.8, 4) is 0 Å². The molecule has 2 heterocycles. The first-order chi connectivity index (χ1) is 17.9. The van der Waals surface area contributed by atoms with Gasteiger partial charge in [0.05, 0.1) is 24.8 Å². The van der Waals surface area contributed by atoms with Crippen LogP contribution in [-0.2, 0) is 27.1 Å². The van der Waals surface area contributed by atoms with E-state index in [-0.39, 0.29) is 35.6 Å². The quantitative estimate of drug-likeness (QED) is 0.256. The van der Waals surface area contributed by atoms with Gasteiger partial charge in [-0.3, -0.25) is 9.78 Å². The first-order valence-electron chi connectivity index (χ1n) is 13.2.